The van der Waals surface area contributed by atoms with E-state index >= 15 is 0 Å². The normalized spacial score (nSPS) is 12.3. The molecule has 0 saturated carbocycles. The molecule has 0 bridgehead atoms. The summed E-state index contributed by atoms with van der Waals surface area (Å²) in [5, 5.41) is 4.04. The lowest BCUT2D eigenvalue weighted by Crippen LogP contribution is -2.08. The van der Waals surface area contributed by atoms with E-state index in [1.165, 1.54) is 6.07 Å². The fraction of sp³-hybridized carbons (Fsp3) is 0.143. The summed E-state index contributed by atoms with van der Waals surface area (Å²) in [4.78, 5) is 0. The largest absolute Gasteiger partial charge is 0.376 e. The molecule has 0 radical (unpaired) electrons. The number of hydrogen-bond donors (Lipinski definition) is 1. The molecule has 5 heteroatoms. The Bertz CT molecular complexity index is 582. The molecule has 2 aromatic carbocycles. The Hall–Kier alpha value is -1.32. The number of hydrogen-bond acceptors (Lipinski definition) is 1. The lowest BCUT2D eigenvalue weighted by molar-refractivity contribution is 0.506. The third-order valence-corrected chi connectivity index (χ3v) is 3.40. The second-order valence-corrected chi connectivity index (χ2v) is 4.95. The lowest BCUT2D eigenvalue weighted by atomic mass is 10.1. The molecule has 0 saturated heterocycles. The molecular weight excluding hydrogens is 291 g/mol. The van der Waals surface area contributed by atoms with E-state index in [0.29, 0.717) is 21.3 Å². The molecule has 2 aromatic rings. The van der Waals surface area contributed by atoms with E-state index in [9.17, 15) is 8.78 Å². The van der Waals surface area contributed by atoms with Crippen molar-refractivity contribution in [3.05, 3.63) is 63.6 Å². The topological polar surface area (TPSA) is 12.0 Å². The molecule has 1 unspecified atom stereocenters. The quantitative estimate of drug-likeness (QED) is 0.795. The second kappa shape index (κ2) is 5.76. The maximum absolute atomic E-state index is 13.2. The van der Waals surface area contributed by atoms with Gasteiger partial charge in [0, 0.05) is 6.04 Å². The molecule has 1 nitrogen and oxygen atoms in total. The van der Waals surface area contributed by atoms with Gasteiger partial charge >= 0.3 is 0 Å². The van der Waals surface area contributed by atoms with Crippen LogP contribution in [0.25, 0.3) is 0 Å². The van der Waals surface area contributed by atoms with Crippen LogP contribution in [0, 0.1) is 11.6 Å². The Morgan fingerprint density at radius 3 is 2.21 bits per heavy atom. The van der Waals surface area contributed by atoms with E-state index in [2.05, 4.69) is 5.32 Å². The van der Waals surface area contributed by atoms with Gasteiger partial charge < -0.3 is 5.32 Å². The summed E-state index contributed by atoms with van der Waals surface area (Å²) in [6.07, 6.45) is 0. The summed E-state index contributed by atoms with van der Waals surface area (Å²) in [5.41, 5.74) is 1.18. The molecule has 0 aromatic heterocycles. The summed E-state index contributed by atoms with van der Waals surface area (Å²) in [6, 6.07) is 8.64. The molecular formula is C14H11Cl2F2N. The maximum atomic E-state index is 13.2. The highest BCUT2D eigenvalue weighted by Crippen LogP contribution is 2.33. The minimum Gasteiger partial charge on any atom is -0.376 e. The second-order valence-electron chi connectivity index (χ2n) is 4.14. The van der Waals surface area contributed by atoms with Gasteiger partial charge in [0.2, 0.25) is 0 Å². The van der Waals surface area contributed by atoms with Gasteiger partial charge in [0.15, 0.2) is 11.6 Å². The van der Waals surface area contributed by atoms with Gasteiger partial charge in [-0.3, -0.25) is 0 Å². The molecule has 0 amide bonds. The SMILES string of the molecule is CC(Nc1c(Cl)cccc1Cl)c1ccc(F)c(F)c1. The molecule has 0 spiro atoms. The fourth-order valence-corrected chi connectivity index (χ4v) is 2.22. The van der Waals surface area contributed by atoms with Crippen LogP contribution in [-0.2, 0) is 0 Å². The van der Waals surface area contributed by atoms with Crippen molar-refractivity contribution in [2.24, 2.45) is 0 Å². The first kappa shape index (κ1) is 14.1. The average molecular weight is 302 g/mol. The van der Waals surface area contributed by atoms with Gasteiger partial charge in [0.1, 0.15) is 0 Å². The van der Waals surface area contributed by atoms with Crippen LogP contribution in [0.1, 0.15) is 18.5 Å². The van der Waals surface area contributed by atoms with Crippen molar-refractivity contribution in [3.63, 3.8) is 0 Å². The molecule has 19 heavy (non-hydrogen) atoms. The van der Waals surface area contributed by atoms with Crippen molar-refractivity contribution in [3.8, 4) is 0 Å². The number of halogens is 4. The van der Waals surface area contributed by atoms with Crippen molar-refractivity contribution in [2.45, 2.75) is 13.0 Å². The van der Waals surface area contributed by atoms with Gasteiger partial charge in [-0.25, -0.2) is 8.78 Å². The van der Waals surface area contributed by atoms with Gasteiger partial charge in [-0.2, -0.15) is 0 Å². The van der Waals surface area contributed by atoms with Crippen LogP contribution in [0.5, 0.6) is 0 Å². The zero-order chi connectivity index (χ0) is 14.0. The highest BCUT2D eigenvalue weighted by Gasteiger charge is 2.12. The summed E-state index contributed by atoms with van der Waals surface area (Å²) < 4.78 is 26.1. The highest BCUT2D eigenvalue weighted by atomic mass is 35.5. The standard InChI is InChI=1S/C14H11Cl2F2N/c1-8(9-5-6-12(17)13(18)7-9)19-14-10(15)3-2-4-11(14)16/h2-8,19H,1H3. The average Bonchev–Trinajstić information content (AvgIpc) is 2.37. The molecule has 0 fully saturated rings. The third-order valence-electron chi connectivity index (χ3n) is 2.77. The Morgan fingerprint density at radius 1 is 1.00 bits per heavy atom. The van der Waals surface area contributed by atoms with E-state index in [4.69, 9.17) is 23.2 Å². The van der Waals surface area contributed by atoms with E-state index < -0.39 is 11.6 Å². The molecule has 100 valence electrons. The Balaban J connectivity index is 2.25. The van der Waals surface area contributed by atoms with Crippen molar-refractivity contribution in [1.29, 1.82) is 0 Å². The minimum absolute atomic E-state index is 0.257. The minimum atomic E-state index is -0.878. The van der Waals surface area contributed by atoms with Gasteiger partial charge in [-0.1, -0.05) is 35.3 Å². The van der Waals surface area contributed by atoms with Gasteiger partial charge in [-0.15, -0.1) is 0 Å². The lowest BCUT2D eigenvalue weighted by Gasteiger charge is -2.18. The number of benzene rings is 2. The first-order chi connectivity index (χ1) is 8.99. The van der Waals surface area contributed by atoms with Crippen molar-refractivity contribution >= 4 is 28.9 Å². The smallest absolute Gasteiger partial charge is 0.159 e. The number of anilines is 1. The van der Waals surface area contributed by atoms with Gasteiger partial charge in [-0.05, 0) is 36.8 Å². The van der Waals surface area contributed by atoms with E-state index in [0.717, 1.165) is 12.1 Å². The van der Waals surface area contributed by atoms with Crippen LogP contribution >= 0.6 is 23.2 Å². The van der Waals surface area contributed by atoms with Crippen LogP contribution in [0.3, 0.4) is 0 Å². The number of para-hydroxylation sites is 1. The summed E-state index contributed by atoms with van der Waals surface area (Å²) in [5.74, 6) is -1.75. The molecule has 0 heterocycles. The highest BCUT2D eigenvalue weighted by molar-refractivity contribution is 6.39. The van der Waals surface area contributed by atoms with Crippen molar-refractivity contribution in [1.82, 2.24) is 0 Å². The summed E-state index contributed by atoms with van der Waals surface area (Å²) in [7, 11) is 0. The Morgan fingerprint density at radius 2 is 1.63 bits per heavy atom. The monoisotopic (exact) mass is 301 g/mol. The van der Waals surface area contributed by atoms with Crippen LogP contribution < -0.4 is 5.32 Å². The number of nitrogens with one attached hydrogen (secondary N) is 1. The fourth-order valence-electron chi connectivity index (χ4n) is 1.72. The van der Waals surface area contributed by atoms with Crippen LogP contribution in [0.4, 0.5) is 14.5 Å². The zero-order valence-electron chi connectivity index (χ0n) is 10.1. The zero-order valence-corrected chi connectivity index (χ0v) is 11.6. The Kier molecular flexibility index (Phi) is 4.27. The molecule has 0 aliphatic rings. The molecule has 0 aliphatic heterocycles. The maximum Gasteiger partial charge on any atom is 0.159 e. The van der Waals surface area contributed by atoms with Crippen LogP contribution in [0.2, 0.25) is 10.0 Å². The predicted octanol–water partition coefficient (Wildman–Crippen LogP) is 5.44. The van der Waals surface area contributed by atoms with E-state index in [-0.39, 0.29) is 6.04 Å². The molecule has 0 aliphatic carbocycles. The van der Waals surface area contributed by atoms with Crippen molar-refractivity contribution in [2.75, 3.05) is 5.32 Å². The summed E-state index contributed by atoms with van der Waals surface area (Å²) in [6.45, 7) is 1.81. The number of rotatable bonds is 3. The van der Waals surface area contributed by atoms with Crippen molar-refractivity contribution < 1.29 is 8.78 Å². The third kappa shape index (κ3) is 3.17. The van der Waals surface area contributed by atoms with Crippen LogP contribution in [-0.4, -0.2) is 0 Å². The Labute approximate surface area is 120 Å². The molecule has 1 atom stereocenters. The molecule has 1 N–H and O–H groups in total. The first-order valence-corrected chi connectivity index (χ1v) is 6.40. The first-order valence-electron chi connectivity index (χ1n) is 5.64. The van der Waals surface area contributed by atoms with E-state index in [1.54, 1.807) is 18.2 Å². The van der Waals surface area contributed by atoms with Crippen LogP contribution in [0.15, 0.2) is 36.4 Å². The van der Waals surface area contributed by atoms with E-state index in [1.807, 2.05) is 6.92 Å². The predicted molar refractivity (Wildman–Crippen MR) is 74.9 cm³/mol. The molecule has 2 rings (SSSR count). The van der Waals surface area contributed by atoms with Gasteiger partial charge in [0.05, 0.1) is 15.7 Å². The summed E-state index contributed by atoms with van der Waals surface area (Å²) >= 11 is 12.1. The van der Waals surface area contributed by atoms with Gasteiger partial charge in [0.25, 0.3) is 0 Å².